The minimum absolute atomic E-state index is 0.0268. The zero-order chi connectivity index (χ0) is 17.7. The fourth-order valence-corrected chi connectivity index (χ4v) is 2.40. The average molecular weight is 329 g/mol. The molecule has 6 heteroatoms. The summed E-state index contributed by atoms with van der Waals surface area (Å²) in [5.41, 5.74) is 1.40. The molecule has 0 aliphatic heterocycles. The Balaban J connectivity index is 2.22. The Kier molecular flexibility index (Phi) is 5.55. The van der Waals surface area contributed by atoms with E-state index in [2.05, 4.69) is 5.32 Å². The molecule has 0 fully saturated rings. The Hall–Kier alpha value is -2.86. The average Bonchev–Trinajstić information content (AvgIpc) is 2.56. The van der Waals surface area contributed by atoms with Crippen molar-refractivity contribution in [3.05, 3.63) is 65.2 Å². The molecule has 2 aromatic carbocycles. The molecule has 0 aliphatic rings. The van der Waals surface area contributed by atoms with Gasteiger partial charge in [0.05, 0.1) is 6.04 Å². The molecule has 2 atom stereocenters. The van der Waals surface area contributed by atoms with Crippen LogP contribution in [0.2, 0.25) is 0 Å². The number of carboxylic acid groups (broad SMARTS) is 1. The molecule has 4 N–H and O–H groups in total. The van der Waals surface area contributed by atoms with Crippen LogP contribution in [0.3, 0.4) is 0 Å². The number of phenols is 1. The third-order valence-electron chi connectivity index (χ3n) is 3.80. The molecule has 2 rings (SSSR count). The number of hydrogen-bond acceptors (Lipinski definition) is 4. The monoisotopic (exact) mass is 329 g/mol. The van der Waals surface area contributed by atoms with Gasteiger partial charge in [0.1, 0.15) is 5.75 Å². The highest BCUT2D eigenvalue weighted by molar-refractivity contribution is 5.96. The summed E-state index contributed by atoms with van der Waals surface area (Å²) in [6, 6.07) is 12.5. The second-order valence-electron chi connectivity index (χ2n) is 5.50. The summed E-state index contributed by atoms with van der Waals surface area (Å²) in [5.74, 6) is -1.99. The smallest absolute Gasteiger partial charge is 0.334 e. The molecule has 0 heterocycles. The van der Waals surface area contributed by atoms with Crippen molar-refractivity contribution in [3.63, 3.8) is 0 Å². The third kappa shape index (κ3) is 4.11. The molecule has 6 nitrogen and oxygen atoms in total. The summed E-state index contributed by atoms with van der Waals surface area (Å²) in [6.07, 6.45) is -1.58. The van der Waals surface area contributed by atoms with Crippen molar-refractivity contribution < 1.29 is 24.9 Å². The molecule has 0 spiro atoms. The summed E-state index contributed by atoms with van der Waals surface area (Å²) >= 11 is 0. The molecule has 0 saturated carbocycles. The minimum atomic E-state index is -1.74. The van der Waals surface area contributed by atoms with E-state index >= 15 is 0 Å². The Morgan fingerprint density at radius 2 is 1.75 bits per heavy atom. The number of carbonyl (C=O) groups excluding carboxylic acids is 1. The van der Waals surface area contributed by atoms with Gasteiger partial charge in [0, 0.05) is 11.1 Å². The number of amides is 1. The molecule has 126 valence electrons. The molecule has 1 amide bonds. The van der Waals surface area contributed by atoms with E-state index in [1.807, 2.05) is 6.07 Å². The van der Waals surface area contributed by atoms with Gasteiger partial charge in [-0.2, -0.15) is 0 Å². The molecule has 1 unspecified atom stereocenters. The topological polar surface area (TPSA) is 107 Å². The zero-order valence-electron chi connectivity index (χ0n) is 13.1. The number of aromatic hydroxyl groups is 1. The third-order valence-corrected chi connectivity index (χ3v) is 3.80. The second-order valence-corrected chi connectivity index (χ2v) is 5.50. The molecule has 0 bridgehead atoms. The molecule has 0 aromatic heterocycles. The summed E-state index contributed by atoms with van der Waals surface area (Å²) < 4.78 is 0. The van der Waals surface area contributed by atoms with Crippen LogP contribution in [0.25, 0.3) is 0 Å². The first-order valence-corrected chi connectivity index (χ1v) is 7.44. The number of phenolic OH excluding ortho intramolecular Hbond substituents is 1. The number of carboxylic acids is 1. The van der Waals surface area contributed by atoms with E-state index in [1.165, 1.54) is 18.2 Å². The van der Waals surface area contributed by atoms with E-state index in [-0.39, 0.29) is 17.7 Å². The van der Waals surface area contributed by atoms with Crippen LogP contribution in [0, 0.1) is 6.92 Å². The highest BCUT2D eigenvalue weighted by Crippen LogP contribution is 2.20. The van der Waals surface area contributed by atoms with Gasteiger partial charge in [0.15, 0.2) is 6.10 Å². The van der Waals surface area contributed by atoms with Crippen LogP contribution in [0.1, 0.15) is 21.5 Å². The first kappa shape index (κ1) is 17.5. The Morgan fingerprint density at radius 3 is 2.38 bits per heavy atom. The second kappa shape index (κ2) is 7.61. The van der Waals surface area contributed by atoms with Gasteiger partial charge in [-0.25, -0.2) is 4.79 Å². The van der Waals surface area contributed by atoms with Crippen LogP contribution in [-0.2, 0) is 11.2 Å². The number of carbonyl (C=O) groups is 2. The van der Waals surface area contributed by atoms with Crippen molar-refractivity contribution >= 4 is 11.9 Å². The fourth-order valence-electron chi connectivity index (χ4n) is 2.40. The molecule has 0 radical (unpaired) electrons. The number of nitrogens with one attached hydrogen (secondary N) is 1. The van der Waals surface area contributed by atoms with Gasteiger partial charge >= 0.3 is 5.97 Å². The van der Waals surface area contributed by atoms with E-state index in [0.717, 1.165) is 5.56 Å². The van der Waals surface area contributed by atoms with E-state index in [9.17, 15) is 19.8 Å². The maximum absolute atomic E-state index is 12.4. The summed E-state index contributed by atoms with van der Waals surface area (Å²) in [6.45, 7) is 1.59. The fraction of sp³-hybridized carbons (Fsp3) is 0.222. The van der Waals surface area contributed by atoms with Gasteiger partial charge in [0.25, 0.3) is 5.91 Å². The minimum Gasteiger partial charge on any atom is -0.508 e. The number of aliphatic hydroxyl groups is 1. The molecule has 24 heavy (non-hydrogen) atoms. The van der Waals surface area contributed by atoms with Crippen molar-refractivity contribution in [2.45, 2.75) is 25.5 Å². The Bertz CT molecular complexity index is 729. The first-order valence-electron chi connectivity index (χ1n) is 7.44. The summed E-state index contributed by atoms with van der Waals surface area (Å²) in [7, 11) is 0. The van der Waals surface area contributed by atoms with Crippen molar-refractivity contribution in [3.8, 4) is 5.75 Å². The number of aliphatic carboxylic acids is 1. The quantitative estimate of drug-likeness (QED) is 0.642. The van der Waals surface area contributed by atoms with Crippen LogP contribution in [0.15, 0.2) is 48.5 Å². The van der Waals surface area contributed by atoms with Gasteiger partial charge in [-0.1, -0.05) is 36.4 Å². The lowest BCUT2D eigenvalue weighted by Crippen LogP contribution is -2.48. The maximum Gasteiger partial charge on any atom is 0.334 e. The lowest BCUT2D eigenvalue weighted by molar-refractivity contribution is -0.148. The number of benzene rings is 2. The van der Waals surface area contributed by atoms with Crippen LogP contribution >= 0.6 is 0 Å². The number of aliphatic hydroxyl groups excluding tert-OH is 1. The molecule has 0 saturated heterocycles. The number of rotatable bonds is 6. The van der Waals surface area contributed by atoms with Gasteiger partial charge in [0.2, 0.25) is 0 Å². The van der Waals surface area contributed by atoms with Crippen LogP contribution in [-0.4, -0.2) is 39.3 Å². The van der Waals surface area contributed by atoms with Crippen molar-refractivity contribution in [1.29, 1.82) is 0 Å². The normalized spacial score (nSPS) is 13.1. The first-order chi connectivity index (χ1) is 11.4. The standard InChI is InChI=1S/C18H19NO5/c1-11-13(8-5-9-15(11)20)17(22)19-14(16(21)18(23)24)10-12-6-3-2-4-7-12/h2-9,14,16,20-21H,10H2,1H3,(H,19,22)(H,23,24)/t14?,16-/m0/s1. The van der Waals surface area contributed by atoms with E-state index in [1.54, 1.807) is 31.2 Å². The highest BCUT2D eigenvalue weighted by Gasteiger charge is 2.28. The largest absolute Gasteiger partial charge is 0.508 e. The van der Waals surface area contributed by atoms with Crippen molar-refractivity contribution in [2.24, 2.45) is 0 Å². The lowest BCUT2D eigenvalue weighted by atomic mass is 10.00. The van der Waals surface area contributed by atoms with E-state index in [0.29, 0.717) is 5.56 Å². The van der Waals surface area contributed by atoms with Crippen molar-refractivity contribution in [1.82, 2.24) is 5.32 Å². The highest BCUT2D eigenvalue weighted by atomic mass is 16.4. The van der Waals surface area contributed by atoms with Gasteiger partial charge in [-0.15, -0.1) is 0 Å². The van der Waals surface area contributed by atoms with E-state index < -0.39 is 24.0 Å². The van der Waals surface area contributed by atoms with Gasteiger partial charge in [-0.05, 0) is 31.0 Å². The predicted molar refractivity (Wildman–Crippen MR) is 87.9 cm³/mol. The lowest BCUT2D eigenvalue weighted by Gasteiger charge is -2.22. The van der Waals surface area contributed by atoms with Crippen LogP contribution in [0.4, 0.5) is 0 Å². The van der Waals surface area contributed by atoms with E-state index in [4.69, 9.17) is 5.11 Å². The van der Waals surface area contributed by atoms with Crippen molar-refractivity contribution in [2.75, 3.05) is 0 Å². The SMILES string of the molecule is Cc1c(O)cccc1C(=O)NC(Cc1ccccc1)[C@H](O)C(=O)O. The molecule has 0 aliphatic carbocycles. The Labute approximate surface area is 139 Å². The maximum atomic E-state index is 12.4. The van der Waals surface area contributed by atoms with Crippen LogP contribution < -0.4 is 5.32 Å². The predicted octanol–water partition coefficient (Wildman–Crippen LogP) is 1.49. The zero-order valence-corrected chi connectivity index (χ0v) is 13.1. The van der Waals surface area contributed by atoms with Gasteiger partial charge < -0.3 is 20.6 Å². The van der Waals surface area contributed by atoms with Crippen LogP contribution in [0.5, 0.6) is 5.75 Å². The number of hydrogen-bond donors (Lipinski definition) is 4. The summed E-state index contributed by atoms with van der Waals surface area (Å²) in [4.78, 5) is 23.5. The summed E-state index contributed by atoms with van der Waals surface area (Å²) in [5, 5.41) is 31.2. The van der Waals surface area contributed by atoms with Gasteiger partial charge in [-0.3, -0.25) is 4.79 Å². The molecular formula is C18H19NO5. The Morgan fingerprint density at radius 1 is 1.08 bits per heavy atom. The molecule has 2 aromatic rings. The molecular weight excluding hydrogens is 310 g/mol.